The van der Waals surface area contributed by atoms with E-state index in [1.165, 1.54) is 5.57 Å². The zero-order chi connectivity index (χ0) is 4.99. The lowest BCUT2D eigenvalue weighted by Gasteiger charge is -1.77. The minimum absolute atomic E-state index is 1.26. The van der Waals surface area contributed by atoms with E-state index in [1.54, 1.807) is 0 Å². The summed E-state index contributed by atoms with van der Waals surface area (Å²) in [6, 6.07) is 0. The number of hydrogen-bond acceptors (Lipinski definition) is 0. The van der Waals surface area contributed by atoms with E-state index < -0.39 is 0 Å². The van der Waals surface area contributed by atoms with Gasteiger partial charge in [0.2, 0.25) is 0 Å². The molecule has 34 valence electrons. The summed E-state index contributed by atoms with van der Waals surface area (Å²) < 4.78 is 0. The van der Waals surface area contributed by atoms with Crippen molar-refractivity contribution in [3.05, 3.63) is 11.6 Å². The molecule has 0 aliphatic rings. The van der Waals surface area contributed by atoms with Crippen molar-refractivity contribution in [3.8, 4) is 0 Å². The Hall–Kier alpha value is -0.0900. The van der Waals surface area contributed by atoms with E-state index in [2.05, 4.69) is 8.86 Å². The van der Waals surface area contributed by atoms with E-state index in [0.717, 1.165) is 0 Å². The van der Waals surface area contributed by atoms with Gasteiger partial charge < -0.3 is 0 Å². The van der Waals surface area contributed by atoms with Gasteiger partial charge in [-0.25, -0.2) is 0 Å². The van der Waals surface area contributed by atoms with Crippen molar-refractivity contribution >= 4 is 14.7 Å². The Morgan fingerprint density at radius 2 is 2.17 bits per heavy atom. The molecule has 0 aliphatic carbocycles. The van der Waals surface area contributed by atoms with Crippen LogP contribution in [0.25, 0.3) is 0 Å². The topological polar surface area (TPSA) is 0 Å². The second-order valence-electron chi connectivity index (χ2n) is 1.18. The van der Waals surface area contributed by atoms with Crippen LogP contribution in [-0.4, -0.2) is 5.80 Å². The van der Waals surface area contributed by atoms with Crippen LogP contribution in [-0.2, 0) is 0 Å². The Morgan fingerprint density at radius 1 is 1.67 bits per heavy atom. The molecule has 0 fully saturated rings. The minimum atomic E-state index is 1.26. The van der Waals surface area contributed by atoms with Crippen molar-refractivity contribution in [2.24, 2.45) is 0 Å². The minimum Gasteiger partial charge on any atom is -0.122 e. The van der Waals surface area contributed by atoms with Crippen LogP contribution in [0.15, 0.2) is 11.6 Å². The van der Waals surface area contributed by atoms with Gasteiger partial charge in [0.25, 0.3) is 0 Å². The summed E-state index contributed by atoms with van der Waals surface area (Å²) in [4.78, 5) is 0. The van der Waals surface area contributed by atoms with E-state index in [1.807, 2.05) is 25.7 Å². The first-order valence-corrected chi connectivity index (χ1v) is 2.52. The molecule has 0 amide bonds. The van der Waals surface area contributed by atoms with E-state index in [4.69, 9.17) is 0 Å². The van der Waals surface area contributed by atoms with Gasteiger partial charge in [-0.2, -0.15) is 0 Å². The lowest BCUT2D eigenvalue weighted by Crippen LogP contribution is -1.65. The maximum Gasteiger partial charge on any atom is -0.0393 e. The van der Waals surface area contributed by atoms with Gasteiger partial charge in [-0.05, 0) is 19.6 Å². The summed E-state index contributed by atoms with van der Waals surface area (Å²) >= 11 is 0. The van der Waals surface area contributed by atoms with Crippen molar-refractivity contribution in [2.45, 2.75) is 13.8 Å². The second-order valence-corrected chi connectivity index (χ2v) is 1.47. The number of rotatable bonds is 1. The molecule has 0 unspecified atom stereocenters. The van der Waals surface area contributed by atoms with Crippen molar-refractivity contribution in [1.82, 2.24) is 0 Å². The number of allylic oxidation sites excluding steroid dienone is 2. The molecule has 0 aliphatic heterocycles. The fraction of sp³-hybridized carbons (Fsp3) is 0.400. The average molecular weight is 100 g/mol. The molecule has 0 aromatic carbocycles. The molecule has 1 heteroatoms. The first-order chi connectivity index (χ1) is 2.81. The van der Waals surface area contributed by atoms with Crippen LogP contribution in [0.4, 0.5) is 0 Å². The van der Waals surface area contributed by atoms with Crippen molar-refractivity contribution in [2.75, 3.05) is 0 Å². The summed E-state index contributed by atoms with van der Waals surface area (Å²) in [5.74, 6) is 1.89. The zero-order valence-corrected chi connectivity index (χ0v) is 5.15. The lowest BCUT2D eigenvalue weighted by atomic mass is 10.3. The van der Waals surface area contributed by atoms with Gasteiger partial charge in [-0.3, -0.25) is 0 Å². The lowest BCUT2D eigenvalue weighted by molar-refractivity contribution is 1.57. The van der Waals surface area contributed by atoms with Gasteiger partial charge >= 0.3 is 0 Å². The molecule has 0 radical (unpaired) electrons. The normalized spacial score (nSPS) is 11.3. The van der Waals surface area contributed by atoms with Crippen LogP contribution >= 0.6 is 8.86 Å². The van der Waals surface area contributed by atoms with Gasteiger partial charge in [0, 0.05) is 0 Å². The second kappa shape index (κ2) is 3.11. The summed E-state index contributed by atoms with van der Waals surface area (Å²) in [6.45, 7) is 4.04. The zero-order valence-electron chi connectivity index (χ0n) is 4.15. The fourth-order valence-corrected chi connectivity index (χ4v) is 0.250. The first-order valence-electron chi connectivity index (χ1n) is 1.94. The maximum absolute atomic E-state index is 3.22. The molecule has 0 bridgehead atoms. The number of hydrogen-bond donors (Lipinski definition) is 0. The van der Waals surface area contributed by atoms with E-state index in [9.17, 15) is 0 Å². The van der Waals surface area contributed by atoms with Crippen LogP contribution in [0.2, 0.25) is 0 Å². The maximum atomic E-state index is 3.22. The molecule has 0 heterocycles. The molecule has 0 rings (SSSR count). The van der Waals surface area contributed by atoms with Gasteiger partial charge in [0.15, 0.2) is 0 Å². The fourth-order valence-electron chi connectivity index (χ4n) is 0.0833. The monoisotopic (exact) mass is 100 g/mol. The Kier molecular flexibility index (Phi) is 3.07. The largest absolute Gasteiger partial charge is 0.122 e. The van der Waals surface area contributed by atoms with Crippen LogP contribution in [0.3, 0.4) is 0 Å². The van der Waals surface area contributed by atoms with Crippen molar-refractivity contribution in [1.29, 1.82) is 0 Å². The molecular formula is C5H9P. The highest BCUT2D eigenvalue weighted by Gasteiger charge is 1.67. The molecule has 0 aromatic heterocycles. The van der Waals surface area contributed by atoms with Crippen molar-refractivity contribution < 1.29 is 0 Å². The summed E-state index contributed by atoms with van der Waals surface area (Å²) in [5.41, 5.74) is 1.26. The highest BCUT2D eigenvalue weighted by Crippen LogP contribution is 1.84. The smallest absolute Gasteiger partial charge is 0.0393 e. The molecular weight excluding hydrogens is 91.0 g/mol. The predicted octanol–water partition coefficient (Wildman–Crippen LogP) is 1.90. The highest BCUT2D eigenvalue weighted by molar-refractivity contribution is 7.19. The van der Waals surface area contributed by atoms with E-state index in [-0.39, 0.29) is 0 Å². The molecule has 0 atom stereocenters. The van der Waals surface area contributed by atoms with Crippen LogP contribution in [0.1, 0.15) is 13.8 Å². The third kappa shape index (κ3) is 2.17. The Labute approximate surface area is 41.1 Å². The molecule has 0 N–H and O–H groups in total. The first kappa shape index (κ1) is 5.91. The molecule has 0 spiro atoms. The summed E-state index contributed by atoms with van der Waals surface area (Å²) in [6.07, 6.45) is 2.03. The van der Waals surface area contributed by atoms with Gasteiger partial charge in [0.05, 0.1) is 0 Å². The molecule has 0 nitrogen and oxygen atoms in total. The Balaban J connectivity index is 3.50. The quantitative estimate of drug-likeness (QED) is 0.441. The molecule has 0 aromatic rings. The van der Waals surface area contributed by atoms with E-state index in [0.29, 0.717) is 0 Å². The SMILES string of the molecule is CC=C(C)C=P. The van der Waals surface area contributed by atoms with Gasteiger partial charge in [-0.15, -0.1) is 8.86 Å². The van der Waals surface area contributed by atoms with Crippen LogP contribution in [0.5, 0.6) is 0 Å². The van der Waals surface area contributed by atoms with Crippen molar-refractivity contribution in [3.63, 3.8) is 0 Å². The molecule has 0 saturated heterocycles. The summed E-state index contributed by atoms with van der Waals surface area (Å²) in [5, 5.41) is 0. The highest BCUT2D eigenvalue weighted by atomic mass is 31.0. The third-order valence-electron chi connectivity index (χ3n) is 0.683. The van der Waals surface area contributed by atoms with Crippen LogP contribution < -0.4 is 0 Å². The molecule has 0 saturated carbocycles. The van der Waals surface area contributed by atoms with Gasteiger partial charge in [-0.1, -0.05) is 11.6 Å². The standard InChI is InChI=1S/C5H9P/c1-3-5(2)4-6/h3-4,6H,1-2H3. The Morgan fingerprint density at radius 3 is 2.17 bits per heavy atom. The van der Waals surface area contributed by atoms with Crippen LogP contribution in [0, 0.1) is 0 Å². The summed E-state index contributed by atoms with van der Waals surface area (Å²) in [7, 11) is 3.22. The van der Waals surface area contributed by atoms with E-state index >= 15 is 0 Å². The third-order valence-corrected chi connectivity index (χ3v) is 1.14. The Bertz CT molecular complexity index is 72.0. The average Bonchev–Trinajstić information content (AvgIpc) is 1.65. The van der Waals surface area contributed by atoms with Gasteiger partial charge in [0.1, 0.15) is 0 Å². The molecule has 6 heavy (non-hydrogen) atoms. The predicted molar refractivity (Wildman–Crippen MR) is 33.8 cm³/mol.